The molecule has 0 spiro atoms. The number of nitrogens with one attached hydrogen (secondary N) is 1. The number of piperidine rings is 1. The van der Waals surface area contributed by atoms with Crippen LogP contribution in [0.1, 0.15) is 29.6 Å². The van der Waals surface area contributed by atoms with Crippen LogP contribution in [0.25, 0.3) is 11.4 Å². The zero-order valence-electron chi connectivity index (χ0n) is 20.1. The van der Waals surface area contributed by atoms with E-state index in [4.69, 9.17) is 31.4 Å². The van der Waals surface area contributed by atoms with Gasteiger partial charge in [0, 0.05) is 36.3 Å². The molecule has 5 rings (SSSR count). The summed E-state index contributed by atoms with van der Waals surface area (Å²) in [5.74, 6) is 0.369. The van der Waals surface area contributed by atoms with Crippen molar-refractivity contribution in [2.24, 2.45) is 10.9 Å². The van der Waals surface area contributed by atoms with Crippen LogP contribution >= 0.6 is 22.9 Å². The summed E-state index contributed by atoms with van der Waals surface area (Å²) in [6, 6.07) is 5.79. The van der Waals surface area contributed by atoms with E-state index in [1.165, 1.54) is 29.5 Å². The number of aliphatic hydroxyl groups is 1. The van der Waals surface area contributed by atoms with E-state index in [9.17, 15) is 9.18 Å². The van der Waals surface area contributed by atoms with Gasteiger partial charge in [-0.3, -0.25) is 14.8 Å². The fourth-order valence-corrected chi connectivity index (χ4v) is 5.40. The number of carbonyl (C=O) groups is 1. The van der Waals surface area contributed by atoms with Crippen LogP contribution in [0.3, 0.4) is 0 Å². The normalized spacial score (nSPS) is 16.4. The predicted molar refractivity (Wildman–Crippen MR) is 143 cm³/mol. The quantitative estimate of drug-likeness (QED) is 0.398. The van der Waals surface area contributed by atoms with E-state index < -0.39 is 5.82 Å². The second kappa shape index (κ2) is 11.6. The molecule has 194 valence electrons. The third kappa shape index (κ3) is 6.15. The zero-order valence-corrected chi connectivity index (χ0v) is 21.7. The van der Waals surface area contributed by atoms with E-state index in [0.29, 0.717) is 40.0 Å². The van der Waals surface area contributed by atoms with Crippen molar-refractivity contribution in [2.75, 3.05) is 44.7 Å². The number of ketones is 1. The molecule has 11 heteroatoms. The number of fused-ring (bicyclic) bond motifs is 1. The summed E-state index contributed by atoms with van der Waals surface area (Å²) >= 11 is 7.33. The first-order valence-electron chi connectivity index (χ1n) is 12.2. The van der Waals surface area contributed by atoms with E-state index in [2.05, 4.69) is 15.2 Å². The number of thiazole rings is 1. The fraction of sp³-hybridized carbons (Fsp3) is 0.385. The van der Waals surface area contributed by atoms with Gasteiger partial charge >= 0.3 is 0 Å². The number of hydrogen-bond donors (Lipinski definition) is 2. The van der Waals surface area contributed by atoms with Crippen LogP contribution in [-0.2, 0) is 0 Å². The Morgan fingerprint density at radius 3 is 2.89 bits per heavy atom. The third-order valence-electron chi connectivity index (χ3n) is 6.57. The number of halogens is 2. The van der Waals surface area contributed by atoms with Gasteiger partial charge in [0.25, 0.3) is 0 Å². The Kier molecular flexibility index (Phi) is 8.09. The number of rotatable bonds is 9. The van der Waals surface area contributed by atoms with Crippen molar-refractivity contribution in [3.63, 3.8) is 0 Å². The molecular formula is C26H27ClFN5O3S. The number of carbonyl (C=O) groups excluding carboxylic acids is 1. The molecule has 2 aliphatic heterocycles. The van der Waals surface area contributed by atoms with Crippen LogP contribution in [0.2, 0.25) is 5.02 Å². The first-order chi connectivity index (χ1) is 18.0. The summed E-state index contributed by atoms with van der Waals surface area (Å²) in [5, 5.41) is 15.2. The van der Waals surface area contributed by atoms with Gasteiger partial charge in [0.15, 0.2) is 10.9 Å². The Hall–Kier alpha value is -2.92. The van der Waals surface area contributed by atoms with Crippen LogP contribution in [-0.4, -0.2) is 70.9 Å². The fourth-order valence-electron chi connectivity index (χ4n) is 4.53. The number of benzene rings is 1. The number of aliphatic hydroxyl groups excluding tert-OH is 1. The number of β-amino-alcohol motifs (C(OH)–C–C–N with tert-alkyl or cyclic N) is 1. The number of likely N-dealkylation sites (tertiary alicyclic amines) is 1. The molecule has 0 aliphatic carbocycles. The van der Waals surface area contributed by atoms with Gasteiger partial charge in [0.1, 0.15) is 35.2 Å². The van der Waals surface area contributed by atoms with Gasteiger partial charge in [-0.2, -0.15) is 0 Å². The minimum Gasteiger partial charge on any atom is -0.488 e. The minimum atomic E-state index is -0.524. The Morgan fingerprint density at radius 2 is 2.11 bits per heavy atom. The molecule has 1 saturated heterocycles. The number of anilines is 1. The molecule has 1 aromatic carbocycles. The maximum atomic E-state index is 13.4. The van der Waals surface area contributed by atoms with E-state index >= 15 is 0 Å². The van der Waals surface area contributed by atoms with Crippen LogP contribution in [0.5, 0.6) is 5.75 Å². The van der Waals surface area contributed by atoms with Gasteiger partial charge in [-0.25, -0.2) is 9.37 Å². The van der Waals surface area contributed by atoms with Gasteiger partial charge in [-0.1, -0.05) is 11.6 Å². The predicted octanol–water partition coefficient (Wildman–Crippen LogP) is 4.85. The molecule has 0 atom stereocenters. The first kappa shape index (κ1) is 25.7. The summed E-state index contributed by atoms with van der Waals surface area (Å²) in [6.45, 7) is 3.86. The second-order valence-electron chi connectivity index (χ2n) is 9.13. The molecule has 3 aromatic rings. The highest BCUT2D eigenvalue weighted by Crippen LogP contribution is 2.36. The zero-order chi connectivity index (χ0) is 25.8. The maximum Gasteiger partial charge on any atom is 0.183 e. The van der Waals surface area contributed by atoms with Crippen molar-refractivity contribution in [1.29, 1.82) is 0 Å². The highest BCUT2D eigenvalue weighted by molar-refractivity contribution is 7.14. The van der Waals surface area contributed by atoms with Gasteiger partial charge in [0.05, 0.1) is 23.8 Å². The molecule has 1 fully saturated rings. The topological polar surface area (TPSA) is 99.9 Å². The molecule has 0 saturated carbocycles. The van der Waals surface area contributed by atoms with Crippen molar-refractivity contribution in [2.45, 2.75) is 19.3 Å². The minimum absolute atomic E-state index is 0.0314. The van der Waals surface area contributed by atoms with Crippen molar-refractivity contribution < 1.29 is 19.0 Å². The van der Waals surface area contributed by atoms with Crippen LogP contribution in [0.4, 0.5) is 15.2 Å². The average Bonchev–Trinajstić information content (AvgIpc) is 3.38. The summed E-state index contributed by atoms with van der Waals surface area (Å²) in [5.41, 5.74) is 2.76. The van der Waals surface area contributed by atoms with E-state index in [-0.39, 0.29) is 30.4 Å². The highest BCUT2D eigenvalue weighted by atomic mass is 35.5. The lowest BCUT2D eigenvalue weighted by atomic mass is 9.97. The molecule has 8 nitrogen and oxygen atoms in total. The monoisotopic (exact) mass is 543 g/mol. The number of aromatic nitrogens is 2. The SMILES string of the molecule is O=C1CC(COc2ccc(F)c(Cl)c2)=Nc2c1ccnc2-c1csc(NCC2CCN(CCO)CC2)n1. The third-order valence-corrected chi connectivity index (χ3v) is 7.66. The van der Waals surface area contributed by atoms with Crippen LogP contribution < -0.4 is 10.1 Å². The Labute approximate surface area is 223 Å². The average molecular weight is 544 g/mol. The number of nitrogens with zero attached hydrogens (tertiary/aromatic N) is 4. The Balaban J connectivity index is 1.27. The van der Waals surface area contributed by atoms with Crippen molar-refractivity contribution in [1.82, 2.24) is 14.9 Å². The number of hydrogen-bond acceptors (Lipinski definition) is 9. The Bertz CT molecular complexity index is 1310. The molecule has 0 bridgehead atoms. The summed E-state index contributed by atoms with van der Waals surface area (Å²) in [4.78, 5) is 29.1. The number of aliphatic imine (C=N–C) groups is 1. The smallest absolute Gasteiger partial charge is 0.183 e. The van der Waals surface area contributed by atoms with Gasteiger partial charge < -0.3 is 20.1 Å². The van der Waals surface area contributed by atoms with Crippen LogP contribution in [0, 0.1) is 11.7 Å². The lowest BCUT2D eigenvalue weighted by molar-refractivity contribution is 0.0998. The van der Waals surface area contributed by atoms with E-state index in [0.717, 1.165) is 44.2 Å². The summed E-state index contributed by atoms with van der Waals surface area (Å²) in [7, 11) is 0. The van der Waals surface area contributed by atoms with Gasteiger partial charge in [-0.15, -0.1) is 11.3 Å². The molecule has 2 N–H and O–H groups in total. The van der Waals surface area contributed by atoms with Gasteiger partial charge in [-0.05, 0) is 50.0 Å². The summed E-state index contributed by atoms with van der Waals surface area (Å²) < 4.78 is 19.1. The van der Waals surface area contributed by atoms with Crippen molar-refractivity contribution >= 4 is 45.3 Å². The molecule has 0 radical (unpaired) electrons. The standard InChI is InChI=1S/C26H27ClFN5O3S/c27-20-12-18(1-2-21(20)28)36-14-17-11-23(35)19-3-6-29-25(24(19)31-17)22-15-37-26(32-22)30-13-16-4-7-33(8-5-16)9-10-34/h1-3,6,12,15-16,34H,4-5,7-11,13-14H2,(H,30,32). The first-order valence-corrected chi connectivity index (χ1v) is 13.5. The molecule has 4 heterocycles. The van der Waals surface area contributed by atoms with E-state index in [1.54, 1.807) is 12.3 Å². The lowest BCUT2D eigenvalue weighted by Crippen LogP contribution is -2.37. The Morgan fingerprint density at radius 1 is 1.27 bits per heavy atom. The maximum absolute atomic E-state index is 13.4. The molecular weight excluding hydrogens is 517 g/mol. The second-order valence-corrected chi connectivity index (χ2v) is 10.4. The summed E-state index contributed by atoms with van der Waals surface area (Å²) in [6.07, 6.45) is 3.91. The van der Waals surface area contributed by atoms with Crippen LogP contribution in [0.15, 0.2) is 40.8 Å². The highest BCUT2D eigenvalue weighted by Gasteiger charge is 2.25. The largest absolute Gasteiger partial charge is 0.488 e. The number of pyridine rings is 1. The molecule has 37 heavy (non-hydrogen) atoms. The van der Waals surface area contributed by atoms with Crippen molar-refractivity contribution in [3.8, 4) is 17.1 Å². The molecule has 2 aromatic heterocycles. The molecule has 0 amide bonds. The molecule has 2 aliphatic rings. The number of Topliss-reactive ketones (excluding diaryl/α,β-unsaturated/α-hetero) is 1. The lowest BCUT2D eigenvalue weighted by Gasteiger charge is -2.31. The van der Waals surface area contributed by atoms with Gasteiger partial charge in [0.2, 0.25) is 0 Å². The van der Waals surface area contributed by atoms with Crippen molar-refractivity contribution in [3.05, 3.63) is 52.2 Å². The molecule has 0 unspecified atom stereocenters. The van der Waals surface area contributed by atoms with E-state index in [1.807, 2.05) is 5.38 Å². The number of ether oxygens (including phenoxy) is 1.